The molecule has 1 aromatic heterocycles. The van der Waals surface area contributed by atoms with Gasteiger partial charge >= 0.3 is 5.97 Å². The van der Waals surface area contributed by atoms with E-state index >= 15 is 0 Å². The Kier molecular flexibility index (Phi) is 4.59. The monoisotopic (exact) mass is 376 g/mol. The van der Waals surface area contributed by atoms with E-state index < -0.39 is 5.97 Å². The minimum atomic E-state index is -0.556. The van der Waals surface area contributed by atoms with Crippen LogP contribution < -0.4 is 9.47 Å². The Hall–Kier alpha value is -3.94. The maximum Gasteiger partial charge on any atom is 0.363 e. The molecule has 1 aliphatic heterocycles. The molecule has 0 spiro atoms. The van der Waals surface area contributed by atoms with Gasteiger partial charge in [0, 0.05) is 11.6 Å². The first-order valence-corrected chi connectivity index (χ1v) is 8.40. The molecule has 8 heteroatoms. The lowest BCUT2D eigenvalue weighted by molar-refractivity contribution is -0.129. The number of benzene rings is 2. The molecular formula is C20H16N4O4. The third-order valence-electron chi connectivity index (χ3n) is 4.03. The van der Waals surface area contributed by atoms with Crippen LogP contribution in [0.25, 0.3) is 11.8 Å². The fourth-order valence-corrected chi connectivity index (χ4v) is 2.67. The van der Waals surface area contributed by atoms with E-state index in [1.54, 1.807) is 31.5 Å². The van der Waals surface area contributed by atoms with Crippen molar-refractivity contribution in [3.05, 3.63) is 71.7 Å². The van der Waals surface area contributed by atoms with Gasteiger partial charge in [-0.25, -0.2) is 9.79 Å². The highest BCUT2D eigenvalue weighted by atomic mass is 16.6. The van der Waals surface area contributed by atoms with E-state index in [2.05, 4.69) is 15.2 Å². The van der Waals surface area contributed by atoms with Crippen LogP contribution in [-0.4, -0.2) is 41.1 Å². The first kappa shape index (κ1) is 17.5. The maximum absolute atomic E-state index is 12.2. The zero-order chi connectivity index (χ0) is 19.5. The number of ether oxygens (including phenoxy) is 3. The molecule has 2 heterocycles. The predicted octanol–water partition coefficient (Wildman–Crippen LogP) is 2.63. The molecule has 0 aliphatic carbocycles. The zero-order valence-electron chi connectivity index (χ0n) is 15.2. The fourth-order valence-electron chi connectivity index (χ4n) is 2.67. The number of carbonyl (C=O) groups excluding carboxylic acids is 1. The lowest BCUT2D eigenvalue weighted by Crippen LogP contribution is -2.06. The average molecular weight is 376 g/mol. The molecule has 0 fully saturated rings. The number of nitrogens with zero attached hydrogens (tertiary/aromatic N) is 4. The SMILES string of the molecule is COc1ccc(C2=N/C(=C/c3cnn(-c4ccccc4)n3)C(=O)O2)cc1OC. The molecule has 0 atom stereocenters. The summed E-state index contributed by atoms with van der Waals surface area (Å²) in [6.07, 6.45) is 3.08. The molecule has 0 saturated carbocycles. The molecule has 2 aromatic carbocycles. The molecule has 0 unspecified atom stereocenters. The average Bonchev–Trinajstić information content (AvgIpc) is 3.35. The van der Waals surface area contributed by atoms with Gasteiger partial charge < -0.3 is 14.2 Å². The van der Waals surface area contributed by atoms with Crippen LogP contribution in [0.4, 0.5) is 0 Å². The summed E-state index contributed by atoms with van der Waals surface area (Å²) in [5, 5.41) is 8.54. The number of methoxy groups -OCH3 is 2. The summed E-state index contributed by atoms with van der Waals surface area (Å²) in [4.78, 5) is 18.0. The minimum absolute atomic E-state index is 0.143. The zero-order valence-corrected chi connectivity index (χ0v) is 15.2. The molecule has 4 rings (SSSR count). The van der Waals surface area contributed by atoms with Gasteiger partial charge in [-0.15, -0.1) is 5.10 Å². The van der Waals surface area contributed by atoms with Gasteiger partial charge in [0.05, 0.1) is 26.1 Å². The van der Waals surface area contributed by atoms with Gasteiger partial charge in [-0.1, -0.05) is 18.2 Å². The Morgan fingerprint density at radius 2 is 1.82 bits per heavy atom. The van der Waals surface area contributed by atoms with Crippen molar-refractivity contribution in [1.29, 1.82) is 0 Å². The number of hydrogen-bond donors (Lipinski definition) is 0. The van der Waals surface area contributed by atoms with E-state index in [-0.39, 0.29) is 11.6 Å². The quantitative estimate of drug-likeness (QED) is 0.502. The molecule has 8 nitrogen and oxygen atoms in total. The number of aliphatic imine (C=N–C) groups is 1. The molecule has 140 valence electrons. The lowest BCUT2D eigenvalue weighted by atomic mass is 10.2. The number of carbonyl (C=O) groups is 1. The molecule has 1 aliphatic rings. The van der Waals surface area contributed by atoms with E-state index in [1.165, 1.54) is 18.0 Å². The van der Waals surface area contributed by atoms with E-state index in [0.29, 0.717) is 22.8 Å². The smallest absolute Gasteiger partial charge is 0.363 e. The largest absolute Gasteiger partial charge is 0.493 e. The van der Waals surface area contributed by atoms with Gasteiger partial charge in [-0.05, 0) is 30.3 Å². The second-order valence-corrected chi connectivity index (χ2v) is 5.80. The van der Waals surface area contributed by atoms with Gasteiger partial charge in [0.25, 0.3) is 0 Å². The number of hydrogen-bond acceptors (Lipinski definition) is 7. The van der Waals surface area contributed by atoms with Crippen molar-refractivity contribution in [1.82, 2.24) is 15.0 Å². The first-order chi connectivity index (χ1) is 13.7. The van der Waals surface area contributed by atoms with E-state index in [1.807, 2.05) is 30.3 Å². The Labute approximate surface area is 160 Å². The number of para-hydroxylation sites is 1. The van der Waals surface area contributed by atoms with Gasteiger partial charge in [-0.2, -0.15) is 9.90 Å². The van der Waals surface area contributed by atoms with E-state index in [0.717, 1.165) is 5.69 Å². The lowest BCUT2D eigenvalue weighted by Gasteiger charge is -2.08. The first-order valence-electron chi connectivity index (χ1n) is 8.40. The Balaban J connectivity index is 1.62. The summed E-state index contributed by atoms with van der Waals surface area (Å²) in [6.45, 7) is 0. The molecule has 3 aromatic rings. The molecule has 0 bridgehead atoms. The maximum atomic E-state index is 12.2. The summed E-state index contributed by atoms with van der Waals surface area (Å²) >= 11 is 0. The topological polar surface area (TPSA) is 87.8 Å². The van der Waals surface area contributed by atoms with Crippen molar-refractivity contribution in [2.75, 3.05) is 14.2 Å². The highest BCUT2D eigenvalue weighted by molar-refractivity contribution is 6.12. The van der Waals surface area contributed by atoms with Crippen LogP contribution in [0.15, 0.2) is 65.4 Å². The second kappa shape index (κ2) is 7.36. The summed E-state index contributed by atoms with van der Waals surface area (Å²) < 4.78 is 15.8. The van der Waals surface area contributed by atoms with Crippen LogP contribution in [0.2, 0.25) is 0 Å². The normalized spacial score (nSPS) is 14.7. The highest BCUT2D eigenvalue weighted by Gasteiger charge is 2.25. The van der Waals surface area contributed by atoms with Crippen LogP contribution >= 0.6 is 0 Å². The second-order valence-electron chi connectivity index (χ2n) is 5.80. The third kappa shape index (κ3) is 3.35. The number of aromatic nitrogens is 3. The Morgan fingerprint density at radius 1 is 1.04 bits per heavy atom. The minimum Gasteiger partial charge on any atom is -0.493 e. The van der Waals surface area contributed by atoms with Crippen molar-refractivity contribution in [2.24, 2.45) is 4.99 Å². The predicted molar refractivity (Wildman–Crippen MR) is 102 cm³/mol. The summed E-state index contributed by atoms with van der Waals surface area (Å²) in [6, 6.07) is 14.6. The molecule has 0 radical (unpaired) electrons. The van der Waals surface area contributed by atoms with Gasteiger partial charge in [0.2, 0.25) is 5.90 Å². The van der Waals surface area contributed by atoms with Crippen LogP contribution in [0.1, 0.15) is 11.3 Å². The van der Waals surface area contributed by atoms with Crippen molar-refractivity contribution in [2.45, 2.75) is 0 Å². The van der Waals surface area contributed by atoms with Crippen molar-refractivity contribution in [3.63, 3.8) is 0 Å². The molecule has 0 saturated heterocycles. The van der Waals surface area contributed by atoms with Crippen molar-refractivity contribution in [3.8, 4) is 17.2 Å². The highest BCUT2D eigenvalue weighted by Crippen LogP contribution is 2.29. The van der Waals surface area contributed by atoms with E-state index in [9.17, 15) is 4.79 Å². The van der Waals surface area contributed by atoms with Crippen molar-refractivity contribution < 1.29 is 19.0 Å². The number of esters is 1. The Bertz CT molecular complexity index is 1090. The van der Waals surface area contributed by atoms with Crippen LogP contribution in [0.3, 0.4) is 0 Å². The summed E-state index contributed by atoms with van der Waals surface area (Å²) in [5.41, 5.74) is 2.05. The molecular weight excluding hydrogens is 360 g/mol. The fraction of sp³-hybridized carbons (Fsp3) is 0.100. The third-order valence-corrected chi connectivity index (χ3v) is 4.03. The van der Waals surface area contributed by atoms with Gasteiger partial charge in [-0.3, -0.25) is 0 Å². The van der Waals surface area contributed by atoms with Crippen LogP contribution in [0.5, 0.6) is 11.5 Å². The van der Waals surface area contributed by atoms with Gasteiger partial charge in [0.1, 0.15) is 5.69 Å². The number of cyclic esters (lactones) is 1. The standard InChI is InChI=1S/C20H16N4O4/c1-26-17-9-8-13(10-18(17)27-2)19-22-16(20(25)28-19)11-14-12-21-24(23-14)15-6-4-3-5-7-15/h3-12H,1-2H3/b16-11+. The molecule has 0 amide bonds. The Morgan fingerprint density at radius 3 is 2.57 bits per heavy atom. The summed E-state index contributed by atoms with van der Waals surface area (Å²) in [5.74, 6) is 0.721. The molecule has 0 N–H and O–H groups in total. The van der Waals surface area contributed by atoms with Crippen LogP contribution in [-0.2, 0) is 9.53 Å². The van der Waals surface area contributed by atoms with E-state index in [4.69, 9.17) is 14.2 Å². The van der Waals surface area contributed by atoms with Crippen molar-refractivity contribution >= 4 is 17.9 Å². The van der Waals surface area contributed by atoms with Gasteiger partial charge in [0.15, 0.2) is 17.2 Å². The van der Waals surface area contributed by atoms with Crippen LogP contribution in [0, 0.1) is 0 Å². The molecule has 28 heavy (non-hydrogen) atoms. The number of rotatable bonds is 5. The summed E-state index contributed by atoms with van der Waals surface area (Å²) in [7, 11) is 3.08.